The number of carboxylic acid groups (broad SMARTS) is 1. The second-order valence-electron chi connectivity index (χ2n) is 5.77. The van der Waals surface area contributed by atoms with Crippen molar-refractivity contribution in [2.45, 2.75) is 45.6 Å². The van der Waals surface area contributed by atoms with Crippen LogP contribution >= 0.6 is 11.8 Å². The van der Waals surface area contributed by atoms with E-state index in [0.717, 1.165) is 25.0 Å². The van der Waals surface area contributed by atoms with Gasteiger partial charge in [-0.2, -0.15) is 11.8 Å². The third kappa shape index (κ3) is 4.89. The van der Waals surface area contributed by atoms with Crippen LogP contribution in [0.5, 0.6) is 0 Å². The van der Waals surface area contributed by atoms with Crippen LogP contribution < -0.4 is 5.32 Å². The normalized spacial score (nSPS) is 19.4. The molecule has 0 aliphatic carbocycles. The second kappa shape index (κ2) is 7.76. The van der Waals surface area contributed by atoms with Crippen LogP contribution in [-0.4, -0.2) is 53.1 Å². The number of nitrogens with zero attached hydrogens (tertiary/aromatic N) is 1. The third-order valence-electron chi connectivity index (χ3n) is 4.32. The summed E-state index contributed by atoms with van der Waals surface area (Å²) >= 11 is 1.58. The van der Waals surface area contributed by atoms with E-state index in [1.54, 1.807) is 16.7 Å². The summed E-state index contributed by atoms with van der Waals surface area (Å²) in [6, 6.07) is -1.02. The van der Waals surface area contributed by atoms with E-state index in [1.165, 1.54) is 0 Å². The number of aliphatic carboxylic acids is 1. The zero-order valence-corrected chi connectivity index (χ0v) is 13.5. The Bertz CT molecular complexity index is 341. The quantitative estimate of drug-likeness (QED) is 0.790. The first kappa shape index (κ1) is 17.1. The molecule has 20 heavy (non-hydrogen) atoms. The number of amides is 2. The average Bonchev–Trinajstić information content (AvgIpc) is 2.43. The van der Waals surface area contributed by atoms with Crippen LogP contribution in [-0.2, 0) is 4.79 Å². The molecule has 1 rings (SSSR count). The van der Waals surface area contributed by atoms with Crippen LogP contribution in [0.3, 0.4) is 0 Å². The van der Waals surface area contributed by atoms with Crippen molar-refractivity contribution in [1.82, 2.24) is 10.2 Å². The highest BCUT2D eigenvalue weighted by atomic mass is 32.2. The minimum absolute atomic E-state index is 0.239. The Kier molecular flexibility index (Phi) is 6.65. The molecule has 2 N–H and O–H groups in total. The van der Waals surface area contributed by atoms with Crippen molar-refractivity contribution in [2.24, 2.45) is 5.41 Å². The number of nitrogens with one attached hydrogen (secondary N) is 1. The Balaban J connectivity index is 2.47. The van der Waals surface area contributed by atoms with Crippen molar-refractivity contribution in [3.05, 3.63) is 0 Å². The van der Waals surface area contributed by atoms with E-state index in [0.29, 0.717) is 24.9 Å². The van der Waals surface area contributed by atoms with Crippen molar-refractivity contribution < 1.29 is 14.7 Å². The summed E-state index contributed by atoms with van der Waals surface area (Å²) in [5.74, 6) is -0.228. The molecule has 0 bridgehead atoms. The molecule has 1 saturated heterocycles. The molecule has 1 atom stereocenters. The molecule has 116 valence electrons. The SMILES string of the molecule is CCC1(C)CCN(C(=O)N[C@H](CCSC)C(=O)O)CC1. The summed E-state index contributed by atoms with van der Waals surface area (Å²) in [6.07, 6.45) is 5.48. The first-order valence-electron chi connectivity index (χ1n) is 7.19. The zero-order chi connectivity index (χ0) is 15.2. The first-order valence-corrected chi connectivity index (χ1v) is 8.58. The van der Waals surface area contributed by atoms with Gasteiger partial charge in [-0.25, -0.2) is 9.59 Å². The minimum atomic E-state index is -0.956. The van der Waals surface area contributed by atoms with Crippen molar-refractivity contribution in [3.63, 3.8) is 0 Å². The van der Waals surface area contributed by atoms with Crippen LogP contribution in [0.1, 0.15) is 39.5 Å². The molecule has 1 aliphatic heterocycles. The lowest BCUT2D eigenvalue weighted by atomic mass is 9.78. The molecule has 2 amide bonds. The predicted octanol–water partition coefficient (Wildman–Crippen LogP) is 2.41. The number of carbonyl (C=O) groups is 2. The predicted molar refractivity (Wildman–Crippen MR) is 82.2 cm³/mol. The molecule has 1 heterocycles. The number of urea groups is 1. The fourth-order valence-electron chi connectivity index (χ4n) is 2.34. The Morgan fingerprint density at radius 3 is 2.45 bits per heavy atom. The standard InChI is InChI=1S/C14H26N2O3S/c1-4-14(2)6-8-16(9-7-14)13(19)15-11(12(17)18)5-10-20-3/h11H,4-10H2,1-3H3,(H,15,19)(H,17,18)/t11-/m1/s1. The molecular weight excluding hydrogens is 276 g/mol. The van der Waals surface area contributed by atoms with Crippen LogP contribution in [0.15, 0.2) is 0 Å². The van der Waals surface area contributed by atoms with Gasteiger partial charge in [-0.15, -0.1) is 0 Å². The summed E-state index contributed by atoms with van der Waals surface area (Å²) < 4.78 is 0. The van der Waals surface area contributed by atoms with Gasteiger partial charge < -0.3 is 15.3 Å². The molecule has 0 radical (unpaired) electrons. The third-order valence-corrected chi connectivity index (χ3v) is 4.96. The van der Waals surface area contributed by atoms with E-state index >= 15 is 0 Å². The number of carbonyl (C=O) groups excluding carboxylic acids is 1. The molecule has 0 aromatic carbocycles. The highest BCUT2D eigenvalue weighted by molar-refractivity contribution is 7.98. The molecule has 0 aromatic rings. The fraction of sp³-hybridized carbons (Fsp3) is 0.857. The fourth-order valence-corrected chi connectivity index (χ4v) is 2.81. The number of rotatable bonds is 6. The topological polar surface area (TPSA) is 69.6 Å². The lowest BCUT2D eigenvalue weighted by molar-refractivity contribution is -0.139. The number of carboxylic acids is 1. The summed E-state index contributed by atoms with van der Waals surface area (Å²) in [7, 11) is 0. The van der Waals surface area contributed by atoms with Crippen molar-refractivity contribution in [1.29, 1.82) is 0 Å². The van der Waals surface area contributed by atoms with Crippen LogP contribution in [0.25, 0.3) is 0 Å². The molecule has 0 spiro atoms. The lowest BCUT2D eigenvalue weighted by Gasteiger charge is -2.39. The largest absolute Gasteiger partial charge is 0.480 e. The molecule has 0 saturated carbocycles. The van der Waals surface area contributed by atoms with E-state index in [4.69, 9.17) is 5.11 Å². The molecule has 0 aromatic heterocycles. The van der Waals surface area contributed by atoms with Crippen LogP contribution in [0.2, 0.25) is 0 Å². The van der Waals surface area contributed by atoms with E-state index in [-0.39, 0.29) is 6.03 Å². The van der Waals surface area contributed by atoms with Gasteiger partial charge in [0.1, 0.15) is 6.04 Å². The molecule has 5 nitrogen and oxygen atoms in total. The number of likely N-dealkylation sites (tertiary alicyclic amines) is 1. The average molecular weight is 302 g/mol. The summed E-state index contributed by atoms with van der Waals surface area (Å²) in [5, 5.41) is 11.8. The van der Waals surface area contributed by atoms with Gasteiger partial charge in [0.2, 0.25) is 0 Å². The van der Waals surface area contributed by atoms with Crippen molar-refractivity contribution >= 4 is 23.8 Å². The number of hydrogen-bond acceptors (Lipinski definition) is 3. The highest BCUT2D eigenvalue weighted by Crippen LogP contribution is 2.33. The highest BCUT2D eigenvalue weighted by Gasteiger charge is 2.31. The summed E-state index contributed by atoms with van der Waals surface area (Å²) in [5.41, 5.74) is 0.321. The van der Waals surface area contributed by atoms with Gasteiger partial charge >= 0.3 is 12.0 Å². The monoisotopic (exact) mass is 302 g/mol. The maximum Gasteiger partial charge on any atom is 0.326 e. The van der Waals surface area contributed by atoms with Crippen LogP contribution in [0.4, 0.5) is 4.79 Å². The molecule has 6 heteroatoms. The smallest absolute Gasteiger partial charge is 0.326 e. The number of hydrogen-bond donors (Lipinski definition) is 2. The first-order chi connectivity index (χ1) is 9.41. The molecule has 1 aliphatic rings. The van der Waals surface area contributed by atoms with Gasteiger partial charge in [-0.1, -0.05) is 20.3 Å². The molecule has 1 fully saturated rings. The van der Waals surface area contributed by atoms with E-state index < -0.39 is 12.0 Å². The summed E-state index contributed by atoms with van der Waals surface area (Å²) in [6.45, 7) is 5.86. The zero-order valence-electron chi connectivity index (χ0n) is 12.6. The van der Waals surface area contributed by atoms with Gasteiger partial charge in [-0.3, -0.25) is 0 Å². The lowest BCUT2D eigenvalue weighted by Crippen LogP contribution is -2.51. The molecule has 0 unspecified atom stereocenters. The number of thioether (sulfide) groups is 1. The number of piperidine rings is 1. The Morgan fingerprint density at radius 2 is 2.00 bits per heavy atom. The van der Waals surface area contributed by atoms with E-state index in [9.17, 15) is 9.59 Å². The maximum atomic E-state index is 12.1. The maximum absolute atomic E-state index is 12.1. The van der Waals surface area contributed by atoms with Crippen LogP contribution in [0, 0.1) is 5.41 Å². The van der Waals surface area contributed by atoms with Crippen molar-refractivity contribution in [3.8, 4) is 0 Å². The van der Waals surface area contributed by atoms with Gasteiger partial charge in [0.05, 0.1) is 0 Å². The second-order valence-corrected chi connectivity index (χ2v) is 6.76. The van der Waals surface area contributed by atoms with E-state index in [1.807, 2.05) is 6.26 Å². The Morgan fingerprint density at radius 1 is 1.40 bits per heavy atom. The minimum Gasteiger partial charge on any atom is -0.480 e. The van der Waals surface area contributed by atoms with Gasteiger partial charge in [-0.05, 0) is 36.7 Å². The molecular formula is C14H26N2O3S. The van der Waals surface area contributed by atoms with Gasteiger partial charge in [0, 0.05) is 13.1 Å². The van der Waals surface area contributed by atoms with E-state index in [2.05, 4.69) is 19.2 Å². The van der Waals surface area contributed by atoms with Crippen molar-refractivity contribution in [2.75, 3.05) is 25.1 Å². The van der Waals surface area contributed by atoms with Gasteiger partial charge in [0.25, 0.3) is 0 Å². The summed E-state index contributed by atoms with van der Waals surface area (Å²) in [4.78, 5) is 25.0. The Labute approximate surface area is 125 Å². The Hall–Kier alpha value is -0.910. The van der Waals surface area contributed by atoms with Gasteiger partial charge in [0.15, 0.2) is 0 Å².